The van der Waals surface area contributed by atoms with Crippen molar-refractivity contribution < 1.29 is 13.6 Å². The molecule has 1 heterocycles. The van der Waals surface area contributed by atoms with Crippen LogP contribution in [0, 0.1) is 0 Å². The van der Waals surface area contributed by atoms with Gasteiger partial charge in [-0.25, -0.2) is 8.78 Å². The molecule has 1 aromatic rings. The van der Waals surface area contributed by atoms with Gasteiger partial charge in [-0.15, -0.1) is 0 Å². The zero-order valence-electron chi connectivity index (χ0n) is 8.70. The van der Waals surface area contributed by atoms with Crippen molar-refractivity contribution in [2.24, 2.45) is 5.73 Å². The fourth-order valence-electron chi connectivity index (χ4n) is 1.04. The number of halogens is 2. The summed E-state index contributed by atoms with van der Waals surface area (Å²) < 4.78 is 26.9. The summed E-state index contributed by atoms with van der Waals surface area (Å²) in [5, 5.41) is 6.01. The van der Waals surface area contributed by atoms with Gasteiger partial charge in [0.15, 0.2) is 0 Å². The SMILES string of the molecule is NCC(F)(F)CNC(=O)CCn1cccn1. The molecule has 90 valence electrons. The van der Waals surface area contributed by atoms with Gasteiger partial charge >= 0.3 is 0 Å². The van der Waals surface area contributed by atoms with Crippen LogP contribution in [-0.4, -0.2) is 34.7 Å². The maximum Gasteiger partial charge on any atom is 0.277 e. The van der Waals surface area contributed by atoms with Gasteiger partial charge in [-0.3, -0.25) is 9.48 Å². The summed E-state index contributed by atoms with van der Waals surface area (Å²) in [7, 11) is 0. The Morgan fingerprint density at radius 2 is 2.31 bits per heavy atom. The first kappa shape index (κ1) is 12.6. The van der Waals surface area contributed by atoms with E-state index in [2.05, 4.69) is 10.4 Å². The van der Waals surface area contributed by atoms with Gasteiger partial charge in [0, 0.05) is 25.4 Å². The van der Waals surface area contributed by atoms with E-state index in [1.807, 2.05) is 0 Å². The van der Waals surface area contributed by atoms with E-state index in [0.29, 0.717) is 6.54 Å². The number of hydrogen-bond donors (Lipinski definition) is 2. The van der Waals surface area contributed by atoms with Gasteiger partial charge in [0.2, 0.25) is 5.91 Å². The third-order valence-corrected chi connectivity index (χ3v) is 1.97. The van der Waals surface area contributed by atoms with Crippen LogP contribution >= 0.6 is 0 Å². The first-order valence-corrected chi connectivity index (χ1v) is 4.85. The summed E-state index contributed by atoms with van der Waals surface area (Å²) in [6.45, 7) is -1.12. The van der Waals surface area contributed by atoms with E-state index in [1.54, 1.807) is 23.1 Å². The van der Waals surface area contributed by atoms with Crippen LogP contribution in [0.25, 0.3) is 0 Å². The molecule has 1 aromatic heterocycles. The molecule has 0 aliphatic heterocycles. The highest BCUT2D eigenvalue weighted by Gasteiger charge is 2.26. The van der Waals surface area contributed by atoms with Gasteiger partial charge in [0.25, 0.3) is 5.92 Å². The Morgan fingerprint density at radius 1 is 1.56 bits per heavy atom. The van der Waals surface area contributed by atoms with Gasteiger partial charge in [-0.2, -0.15) is 5.10 Å². The van der Waals surface area contributed by atoms with Crippen LogP contribution in [-0.2, 0) is 11.3 Å². The normalized spacial score (nSPS) is 11.4. The molecule has 16 heavy (non-hydrogen) atoms. The summed E-state index contributed by atoms with van der Waals surface area (Å²) in [6, 6.07) is 1.72. The van der Waals surface area contributed by atoms with Gasteiger partial charge in [0.1, 0.15) is 0 Å². The number of rotatable bonds is 6. The topological polar surface area (TPSA) is 72.9 Å². The molecule has 0 fully saturated rings. The molecule has 0 spiro atoms. The van der Waals surface area contributed by atoms with E-state index < -0.39 is 24.9 Å². The van der Waals surface area contributed by atoms with Crippen LogP contribution in [0.4, 0.5) is 8.78 Å². The van der Waals surface area contributed by atoms with E-state index in [9.17, 15) is 13.6 Å². The van der Waals surface area contributed by atoms with Crippen molar-refractivity contribution in [2.75, 3.05) is 13.1 Å². The molecule has 0 aliphatic carbocycles. The lowest BCUT2D eigenvalue weighted by molar-refractivity contribution is -0.123. The fourth-order valence-corrected chi connectivity index (χ4v) is 1.04. The molecule has 0 saturated carbocycles. The van der Waals surface area contributed by atoms with Crippen molar-refractivity contribution in [1.82, 2.24) is 15.1 Å². The van der Waals surface area contributed by atoms with Crippen LogP contribution in [0.15, 0.2) is 18.5 Å². The fraction of sp³-hybridized carbons (Fsp3) is 0.556. The molecule has 0 atom stereocenters. The average Bonchev–Trinajstić information content (AvgIpc) is 2.76. The zero-order valence-corrected chi connectivity index (χ0v) is 8.70. The smallest absolute Gasteiger partial charge is 0.277 e. The molecule has 1 rings (SSSR count). The Hall–Kier alpha value is -1.50. The quantitative estimate of drug-likeness (QED) is 0.724. The van der Waals surface area contributed by atoms with Crippen molar-refractivity contribution in [3.8, 4) is 0 Å². The first-order chi connectivity index (χ1) is 7.53. The highest BCUT2D eigenvalue weighted by atomic mass is 19.3. The van der Waals surface area contributed by atoms with Crippen LogP contribution in [0.5, 0.6) is 0 Å². The van der Waals surface area contributed by atoms with Crippen molar-refractivity contribution >= 4 is 5.91 Å². The Morgan fingerprint density at radius 3 is 2.88 bits per heavy atom. The highest BCUT2D eigenvalue weighted by molar-refractivity contribution is 5.75. The molecule has 0 saturated heterocycles. The second-order valence-electron chi connectivity index (χ2n) is 3.36. The number of carbonyl (C=O) groups is 1. The first-order valence-electron chi connectivity index (χ1n) is 4.85. The van der Waals surface area contributed by atoms with E-state index in [-0.39, 0.29) is 6.42 Å². The third-order valence-electron chi connectivity index (χ3n) is 1.97. The van der Waals surface area contributed by atoms with Crippen LogP contribution < -0.4 is 11.1 Å². The summed E-state index contributed by atoms with van der Waals surface area (Å²) in [4.78, 5) is 11.2. The second kappa shape index (κ2) is 5.55. The lowest BCUT2D eigenvalue weighted by Gasteiger charge is -2.14. The standard InChI is InChI=1S/C9H14F2N4O/c10-9(11,6-12)7-13-8(16)2-5-15-4-1-3-14-15/h1,3-4H,2,5-7,12H2,(H,13,16). The minimum absolute atomic E-state index is 0.113. The molecule has 0 radical (unpaired) electrons. The average molecular weight is 232 g/mol. The number of alkyl halides is 2. The number of nitrogens with two attached hydrogens (primary N) is 1. The predicted molar refractivity (Wildman–Crippen MR) is 53.9 cm³/mol. The van der Waals surface area contributed by atoms with E-state index in [4.69, 9.17) is 5.73 Å². The second-order valence-corrected chi connectivity index (χ2v) is 3.36. The third kappa shape index (κ3) is 4.35. The van der Waals surface area contributed by atoms with Crippen LogP contribution in [0.3, 0.4) is 0 Å². The molecule has 0 bridgehead atoms. The van der Waals surface area contributed by atoms with Crippen molar-refractivity contribution in [1.29, 1.82) is 0 Å². The number of nitrogens with zero attached hydrogens (tertiary/aromatic N) is 2. The molecule has 0 aromatic carbocycles. The lowest BCUT2D eigenvalue weighted by atomic mass is 10.3. The Labute approximate surface area is 91.6 Å². The Bertz CT molecular complexity index is 326. The van der Waals surface area contributed by atoms with E-state index >= 15 is 0 Å². The van der Waals surface area contributed by atoms with Gasteiger partial charge < -0.3 is 11.1 Å². The van der Waals surface area contributed by atoms with Crippen molar-refractivity contribution in [2.45, 2.75) is 18.9 Å². The lowest BCUT2D eigenvalue weighted by Crippen LogP contribution is -2.41. The molecule has 0 unspecified atom stereocenters. The van der Waals surface area contributed by atoms with Gasteiger partial charge in [-0.1, -0.05) is 0 Å². The van der Waals surface area contributed by atoms with E-state index in [1.165, 1.54) is 0 Å². The summed E-state index contributed by atoms with van der Waals surface area (Å²) >= 11 is 0. The number of aromatic nitrogens is 2. The molecule has 0 aliphatic rings. The summed E-state index contributed by atoms with van der Waals surface area (Å²) in [5.74, 6) is -3.48. The van der Waals surface area contributed by atoms with E-state index in [0.717, 1.165) is 0 Å². The number of hydrogen-bond acceptors (Lipinski definition) is 3. The summed E-state index contributed by atoms with van der Waals surface area (Å²) in [6.07, 6.45) is 3.39. The summed E-state index contributed by atoms with van der Waals surface area (Å²) in [5.41, 5.74) is 4.83. The number of amides is 1. The molecular weight excluding hydrogens is 218 g/mol. The number of aryl methyl sites for hydroxylation is 1. The maximum atomic E-state index is 12.7. The highest BCUT2D eigenvalue weighted by Crippen LogP contribution is 2.08. The van der Waals surface area contributed by atoms with Gasteiger partial charge in [0.05, 0.1) is 13.1 Å². The van der Waals surface area contributed by atoms with Crippen molar-refractivity contribution in [3.63, 3.8) is 0 Å². The molecule has 3 N–H and O–H groups in total. The predicted octanol–water partition coefficient (Wildman–Crippen LogP) is -0.0166. The zero-order chi connectivity index (χ0) is 12.0. The van der Waals surface area contributed by atoms with Gasteiger partial charge in [-0.05, 0) is 6.07 Å². The van der Waals surface area contributed by atoms with Crippen LogP contribution in [0.2, 0.25) is 0 Å². The minimum atomic E-state index is -3.04. The Balaban J connectivity index is 2.21. The molecule has 5 nitrogen and oxygen atoms in total. The number of nitrogens with one attached hydrogen (secondary N) is 1. The maximum absolute atomic E-state index is 12.7. The Kier molecular flexibility index (Phi) is 4.36. The van der Waals surface area contributed by atoms with Crippen LogP contribution in [0.1, 0.15) is 6.42 Å². The molecule has 1 amide bonds. The largest absolute Gasteiger partial charge is 0.350 e. The minimum Gasteiger partial charge on any atom is -0.350 e. The van der Waals surface area contributed by atoms with Crippen molar-refractivity contribution in [3.05, 3.63) is 18.5 Å². The molecule has 7 heteroatoms. The monoisotopic (exact) mass is 232 g/mol. The number of carbonyl (C=O) groups excluding carboxylic acids is 1. The molecular formula is C9H14F2N4O.